The zero-order valence-electron chi connectivity index (χ0n) is 38.0. The van der Waals surface area contributed by atoms with Crippen molar-refractivity contribution in [3.05, 3.63) is 99.7 Å². The number of phenolic OH excluding ortho intramolecular Hbond substituents is 1. The number of aromatic hydroxyl groups is 1. The second-order valence-corrected chi connectivity index (χ2v) is 17.7. The molecule has 0 saturated heterocycles. The number of anilines is 1. The summed E-state index contributed by atoms with van der Waals surface area (Å²) in [7, 11) is 0. The molecule has 0 unspecified atom stereocenters. The molecule has 0 bridgehead atoms. The summed E-state index contributed by atoms with van der Waals surface area (Å²) in [4.78, 5) is 64.2. The van der Waals surface area contributed by atoms with Gasteiger partial charge in [-0.2, -0.15) is 5.10 Å². The number of nitrogens with two attached hydrogens (primary N) is 1. The lowest BCUT2D eigenvalue weighted by molar-refractivity contribution is -0.129. The molecule has 17 heteroatoms. The number of nitrogens with one attached hydrogen (secondary N) is 4. The van der Waals surface area contributed by atoms with Crippen LogP contribution in [0.2, 0.25) is 10.0 Å². The molecule has 0 radical (unpaired) electrons. The quantitative estimate of drug-likeness (QED) is 0.0382. The first-order chi connectivity index (χ1) is 32.4. The number of phenols is 1. The number of carbonyl (C=O) groups excluding carboxylic acids is 4. The number of nitrogens with zero attached hydrogens (tertiary/aromatic N) is 5. The fourth-order valence-electron chi connectivity index (χ4n) is 8.66. The molecule has 0 aliphatic carbocycles. The number of halogens is 2. The van der Waals surface area contributed by atoms with Crippen LogP contribution in [0, 0.1) is 0 Å². The van der Waals surface area contributed by atoms with Gasteiger partial charge in [-0.15, -0.1) is 0 Å². The second kappa shape index (κ2) is 22.8. The molecule has 4 aromatic heterocycles. The van der Waals surface area contributed by atoms with E-state index in [-0.39, 0.29) is 54.6 Å². The summed E-state index contributed by atoms with van der Waals surface area (Å²) < 4.78 is 1.62. The second-order valence-electron chi connectivity index (χ2n) is 16.9. The maximum absolute atomic E-state index is 12.8. The van der Waals surface area contributed by atoms with Gasteiger partial charge in [0, 0.05) is 110 Å². The third-order valence-electron chi connectivity index (χ3n) is 12.2. The highest BCUT2D eigenvalue weighted by atomic mass is 35.5. The molecule has 4 amide bonds. The highest BCUT2D eigenvalue weighted by molar-refractivity contribution is 6.45. The standard InChI is InChI=1S/C50H58Cl2N10O5/c1-3-35-37(28-58-49(53)45(35)32-12-15-34(64)16-13-32)33-14-17-42(57-27-33)50(67)56-23-18-43(65)54-21-10-8-6-4-5-7-9-11-22-55-44(66)30-62-25-20-41(60-62)36-26-39(51)47(52)48-46(36)38-29-61(31(2)63)24-19-40(38)59-48/h12-17,20,25-28,59,64H,3-11,18-19,21-24,29-30H2,1-2H3,(H2,53,58)(H,54,65)(H,55,66)(H,56,67). The van der Waals surface area contributed by atoms with Crippen LogP contribution in [-0.2, 0) is 40.3 Å². The van der Waals surface area contributed by atoms with E-state index in [0.717, 1.165) is 107 Å². The van der Waals surface area contributed by atoms with Gasteiger partial charge >= 0.3 is 0 Å². The lowest BCUT2D eigenvalue weighted by Crippen LogP contribution is -2.33. The van der Waals surface area contributed by atoms with E-state index in [0.29, 0.717) is 60.6 Å². The molecule has 0 spiro atoms. The molecule has 2 aromatic carbocycles. The van der Waals surface area contributed by atoms with E-state index >= 15 is 0 Å². The maximum Gasteiger partial charge on any atom is 0.269 e. The Hall–Kier alpha value is -6.45. The van der Waals surface area contributed by atoms with Crippen LogP contribution in [0.25, 0.3) is 44.4 Å². The predicted molar refractivity (Wildman–Crippen MR) is 263 cm³/mol. The SMILES string of the molecule is CCc1c(-c2ccc(C(=O)NCCC(=O)NCCCCCCCCCCNC(=O)Cn3ccc(-c4cc(Cl)c(Cl)c5[nH]c6c(c45)CN(C(C)=O)CC6)n3)nc2)cnc(N)c1-c1ccc(O)cc1. The van der Waals surface area contributed by atoms with Gasteiger partial charge in [-0.25, -0.2) is 4.98 Å². The number of fused-ring (bicyclic) bond motifs is 3. The van der Waals surface area contributed by atoms with Crippen LogP contribution >= 0.6 is 23.2 Å². The Balaban J connectivity index is 0.726. The lowest BCUT2D eigenvalue weighted by atomic mass is 9.92. The van der Waals surface area contributed by atoms with E-state index < -0.39 is 0 Å². The number of rotatable bonds is 21. The molecule has 7 N–H and O–H groups in total. The first kappa shape index (κ1) is 48.5. The van der Waals surface area contributed by atoms with Crippen molar-refractivity contribution < 1.29 is 24.3 Å². The van der Waals surface area contributed by atoms with Crippen molar-refractivity contribution in [1.82, 2.24) is 45.6 Å². The Morgan fingerprint density at radius 2 is 1.51 bits per heavy atom. The van der Waals surface area contributed by atoms with Gasteiger partial charge in [-0.3, -0.25) is 28.8 Å². The van der Waals surface area contributed by atoms with Gasteiger partial charge in [0.25, 0.3) is 5.91 Å². The molecule has 7 rings (SSSR count). The van der Waals surface area contributed by atoms with Gasteiger partial charge < -0.3 is 36.7 Å². The van der Waals surface area contributed by atoms with E-state index in [1.165, 1.54) is 0 Å². The van der Waals surface area contributed by atoms with Crippen LogP contribution in [-0.4, -0.2) is 84.5 Å². The summed E-state index contributed by atoms with van der Waals surface area (Å²) in [5.41, 5.74) is 15.1. The monoisotopic (exact) mass is 948 g/mol. The minimum atomic E-state index is -0.357. The van der Waals surface area contributed by atoms with Crippen molar-refractivity contribution in [2.24, 2.45) is 0 Å². The van der Waals surface area contributed by atoms with E-state index in [9.17, 15) is 24.3 Å². The largest absolute Gasteiger partial charge is 0.508 e. The minimum absolute atomic E-state index is 0.0198. The number of amides is 4. The van der Waals surface area contributed by atoms with Gasteiger partial charge in [0.15, 0.2) is 0 Å². The van der Waals surface area contributed by atoms with E-state index in [2.05, 4.69) is 30.9 Å². The van der Waals surface area contributed by atoms with E-state index in [1.807, 2.05) is 24.0 Å². The van der Waals surface area contributed by atoms with E-state index in [1.54, 1.807) is 66.6 Å². The van der Waals surface area contributed by atoms with Crippen molar-refractivity contribution in [3.8, 4) is 39.3 Å². The molecular weight excluding hydrogens is 892 g/mol. The Morgan fingerprint density at radius 3 is 2.18 bits per heavy atom. The van der Waals surface area contributed by atoms with Gasteiger partial charge in [0.2, 0.25) is 17.7 Å². The maximum atomic E-state index is 12.8. The molecule has 1 aliphatic heterocycles. The number of pyridine rings is 2. The molecule has 352 valence electrons. The molecule has 5 heterocycles. The first-order valence-corrected chi connectivity index (χ1v) is 23.8. The highest BCUT2D eigenvalue weighted by Gasteiger charge is 2.27. The summed E-state index contributed by atoms with van der Waals surface area (Å²) in [6.45, 7) is 6.21. The average Bonchev–Trinajstić information content (AvgIpc) is 3.95. The highest BCUT2D eigenvalue weighted by Crippen LogP contribution is 2.42. The predicted octanol–water partition coefficient (Wildman–Crippen LogP) is 8.39. The third kappa shape index (κ3) is 12.1. The van der Waals surface area contributed by atoms with Gasteiger partial charge in [-0.1, -0.05) is 86.8 Å². The number of aromatic nitrogens is 5. The number of H-pyrrole nitrogens is 1. The third-order valence-corrected chi connectivity index (χ3v) is 13.0. The Bertz CT molecular complexity index is 2720. The molecule has 0 fully saturated rings. The van der Waals surface area contributed by atoms with Crippen LogP contribution in [0.4, 0.5) is 5.82 Å². The molecular formula is C50H58Cl2N10O5. The Kier molecular flexibility index (Phi) is 16.5. The summed E-state index contributed by atoms with van der Waals surface area (Å²) in [5.74, 6) is 0.00568. The molecule has 15 nitrogen and oxygen atoms in total. The Labute approximate surface area is 400 Å². The van der Waals surface area contributed by atoms with Gasteiger partial charge in [0.05, 0.1) is 21.3 Å². The molecule has 0 atom stereocenters. The number of unbranched alkanes of at least 4 members (excludes halogenated alkanes) is 7. The van der Waals surface area contributed by atoms with Crippen molar-refractivity contribution in [2.75, 3.05) is 31.9 Å². The summed E-state index contributed by atoms with van der Waals surface area (Å²) >= 11 is 13.2. The summed E-state index contributed by atoms with van der Waals surface area (Å²) in [6, 6.07) is 14.0. The van der Waals surface area contributed by atoms with Crippen LogP contribution in [0.15, 0.2) is 67.1 Å². The molecule has 0 saturated carbocycles. The molecule has 6 aromatic rings. The number of hydrogen-bond acceptors (Lipinski definition) is 9. The molecule has 1 aliphatic rings. The fraction of sp³-hybridized carbons (Fsp3) is 0.380. The number of carbonyl (C=O) groups is 4. The van der Waals surface area contributed by atoms with Crippen molar-refractivity contribution >= 4 is 63.6 Å². The Morgan fingerprint density at radius 1 is 0.821 bits per heavy atom. The fourth-order valence-corrected chi connectivity index (χ4v) is 9.06. The van der Waals surface area contributed by atoms with Crippen molar-refractivity contribution in [2.45, 2.75) is 97.6 Å². The summed E-state index contributed by atoms with van der Waals surface area (Å²) in [5, 5.41) is 24.9. The first-order valence-electron chi connectivity index (χ1n) is 23.1. The molecule has 67 heavy (non-hydrogen) atoms. The van der Waals surface area contributed by atoms with Crippen LogP contribution in [0.5, 0.6) is 5.75 Å². The number of aromatic amines is 1. The minimum Gasteiger partial charge on any atom is -0.508 e. The zero-order valence-corrected chi connectivity index (χ0v) is 39.5. The number of hydrogen-bond donors (Lipinski definition) is 6. The van der Waals surface area contributed by atoms with Crippen LogP contribution < -0.4 is 21.7 Å². The van der Waals surface area contributed by atoms with E-state index in [4.69, 9.17) is 34.0 Å². The van der Waals surface area contributed by atoms with Crippen molar-refractivity contribution in [1.29, 1.82) is 0 Å². The number of nitrogen functional groups attached to an aromatic ring is 1. The normalized spacial score (nSPS) is 12.3. The lowest BCUT2D eigenvalue weighted by Gasteiger charge is -2.26. The average molecular weight is 950 g/mol. The topological polar surface area (TPSA) is 213 Å². The smallest absolute Gasteiger partial charge is 0.269 e. The van der Waals surface area contributed by atoms with Crippen molar-refractivity contribution in [3.63, 3.8) is 0 Å². The van der Waals surface area contributed by atoms with Gasteiger partial charge in [0.1, 0.15) is 23.8 Å². The summed E-state index contributed by atoms with van der Waals surface area (Å²) in [6.07, 6.45) is 14.9. The van der Waals surface area contributed by atoms with Crippen LogP contribution in [0.3, 0.4) is 0 Å². The number of benzene rings is 2. The van der Waals surface area contributed by atoms with Gasteiger partial charge in [-0.05, 0) is 60.7 Å². The van der Waals surface area contributed by atoms with Crippen LogP contribution in [0.1, 0.15) is 98.9 Å². The zero-order chi connectivity index (χ0) is 47.5.